The molecule has 5 heteroatoms. The fourth-order valence-corrected chi connectivity index (χ4v) is 5.18. The summed E-state index contributed by atoms with van der Waals surface area (Å²) in [5.74, 6) is 1.12. The monoisotopic (exact) mass is 348 g/mol. The Kier molecular flexibility index (Phi) is 5.09. The van der Waals surface area contributed by atoms with Crippen molar-refractivity contribution in [1.29, 1.82) is 0 Å². The zero-order chi connectivity index (χ0) is 16.3. The van der Waals surface area contributed by atoms with Crippen molar-refractivity contribution in [3.8, 4) is 0 Å². The van der Waals surface area contributed by atoms with Crippen molar-refractivity contribution in [2.45, 2.75) is 35.8 Å². The van der Waals surface area contributed by atoms with Crippen LogP contribution >= 0.6 is 11.8 Å². The summed E-state index contributed by atoms with van der Waals surface area (Å²) in [4.78, 5) is 0.0342. The third-order valence-corrected chi connectivity index (χ3v) is 6.61. The van der Waals surface area contributed by atoms with E-state index in [1.54, 1.807) is 12.1 Å². The average molecular weight is 348 g/mol. The normalized spacial score (nSPS) is 18.2. The number of thioether (sulfide) groups is 1. The van der Waals surface area contributed by atoms with E-state index in [1.807, 2.05) is 17.8 Å². The maximum absolute atomic E-state index is 11.5. The summed E-state index contributed by atoms with van der Waals surface area (Å²) in [5.41, 5.74) is 3.47. The lowest BCUT2D eigenvalue weighted by Crippen LogP contribution is -2.05. The standard InChI is InChI=1S/C18H20O3S2/c19-23(20,21)18-10-4-2-7-15(18)11-12-17-16-9-3-1-6-14(16)8-5-13-22-17/h1-4,6-7,9-10,17H,5,8,11-13H2,(H,19,20,21). The van der Waals surface area contributed by atoms with E-state index < -0.39 is 10.1 Å². The molecule has 0 fully saturated rings. The largest absolute Gasteiger partial charge is 0.294 e. The lowest BCUT2D eigenvalue weighted by Gasteiger charge is -2.17. The van der Waals surface area contributed by atoms with Crippen molar-refractivity contribution in [1.82, 2.24) is 0 Å². The van der Waals surface area contributed by atoms with Crippen LogP contribution in [-0.4, -0.2) is 18.7 Å². The maximum Gasteiger partial charge on any atom is 0.294 e. The highest BCUT2D eigenvalue weighted by Gasteiger charge is 2.20. The minimum atomic E-state index is -4.16. The van der Waals surface area contributed by atoms with E-state index in [9.17, 15) is 13.0 Å². The Hall–Kier alpha value is -1.30. The minimum absolute atomic E-state index is 0.0342. The van der Waals surface area contributed by atoms with Crippen molar-refractivity contribution in [3.63, 3.8) is 0 Å². The fraction of sp³-hybridized carbons (Fsp3) is 0.333. The van der Waals surface area contributed by atoms with Crippen molar-refractivity contribution in [3.05, 3.63) is 65.2 Å². The van der Waals surface area contributed by atoms with Gasteiger partial charge in [-0.05, 0) is 54.2 Å². The Balaban J connectivity index is 1.82. The molecule has 1 aliphatic rings. The molecule has 1 unspecified atom stereocenters. The van der Waals surface area contributed by atoms with E-state index in [0.29, 0.717) is 17.2 Å². The van der Waals surface area contributed by atoms with Gasteiger partial charge in [0.25, 0.3) is 10.1 Å². The summed E-state index contributed by atoms with van der Waals surface area (Å²) in [5, 5.41) is 0.378. The van der Waals surface area contributed by atoms with Gasteiger partial charge in [-0.3, -0.25) is 4.55 Å². The number of aryl methyl sites for hydroxylation is 2. The summed E-state index contributed by atoms with van der Waals surface area (Å²) < 4.78 is 32.4. The Labute approximate surface area is 141 Å². The van der Waals surface area contributed by atoms with Gasteiger partial charge in [0, 0.05) is 5.25 Å². The number of rotatable bonds is 4. The van der Waals surface area contributed by atoms with Crippen molar-refractivity contribution >= 4 is 21.9 Å². The van der Waals surface area contributed by atoms with Gasteiger partial charge < -0.3 is 0 Å². The number of fused-ring (bicyclic) bond motifs is 1. The number of hydrogen-bond donors (Lipinski definition) is 1. The molecule has 1 N–H and O–H groups in total. The van der Waals surface area contributed by atoms with Crippen LogP contribution < -0.4 is 0 Å². The van der Waals surface area contributed by atoms with Crippen LogP contribution in [0.4, 0.5) is 0 Å². The highest BCUT2D eigenvalue weighted by Crippen LogP contribution is 2.39. The minimum Gasteiger partial charge on any atom is -0.282 e. The molecule has 1 atom stereocenters. The highest BCUT2D eigenvalue weighted by atomic mass is 32.2. The van der Waals surface area contributed by atoms with Crippen LogP contribution in [0, 0.1) is 0 Å². The molecule has 122 valence electrons. The highest BCUT2D eigenvalue weighted by molar-refractivity contribution is 7.99. The van der Waals surface area contributed by atoms with Crippen LogP contribution in [0.25, 0.3) is 0 Å². The second kappa shape index (κ2) is 7.07. The Bertz CT molecular complexity index is 784. The van der Waals surface area contributed by atoms with E-state index in [0.717, 1.165) is 18.6 Å². The molecule has 1 heterocycles. The SMILES string of the molecule is O=S(=O)(O)c1ccccc1CCC1SCCCc2ccccc21. The Morgan fingerprint density at radius 2 is 1.83 bits per heavy atom. The lowest BCUT2D eigenvalue weighted by molar-refractivity contribution is 0.482. The fourth-order valence-electron chi connectivity index (χ4n) is 3.14. The van der Waals surface area contributed by atoms with Gasteiger partial charge in [-0.2, -0.15) is 20.2 Å². The van der Waals surface area contributed by atoms with E-state index >= 15 is 0 Å². The first-order chi connectivity index (χ1) is 11.1. The second-order valence-corrected chi connectivity index (χ2v) is 8.48. The van der Waals surface area contributed by atoms with Crippen LogP contribution in [0.3, 0.4) is 0 Å². The first-order valence-electron chi connectivity index (χ1n) is 7.80. The van der Waals surface area contributed by atoms with Gasteiger partial charge in [0.1, 0.15) is 0 Å². The summed E-state index contributed by atoms with van der Waals surface area (Å²) >= 11 is 1.95. The molecular formula is C18H20O3S2. The summed E-state index contributed by atoms with van der Waals surface area (Å²) in [6.45, 7) is 0. The summed E-state index contributed by atoms with van der Waals surface area (Å²) in [7, 11) is -4.16. The zero-order valence-electron chi connectivity index (χ0n) is 12.8. The van der Waals surface area contributed by atoms with Gasteiger partial charge in [0.05, 0.1) is 4.90 Å². The van der Waals surface area contributed by atoms with Crippen LogP contribution in [0.2, 0.25) is 0 Å². The van der Waals surface area contributed by atoms with E-state index in [4.69, 9.17) is 0 Å². The molecule has 0 spiro atoms. The molecule has 1 aliphatic heterocycles. The molecular weight excluding hydrogens is 328 g/mol. The molecule has 3 nitrogen and oxygen atoms in total. The summed E-state index contributed by atoms with van der Waals surface area (Å²) in [6, 6.07) is 15.3. The van der Waals surface area contributed by atoms with E-state index in [2.05, 4.69) is 24.3 Å². The van der Waals surface area contributed by atoms with Gasteiger partial charge in [-0.25, -0.2) is 0 Å². The second-order valence-electron chi connectivity index (χ2n) is 5.78. The molecule has 0 aromatic heterocycles. The van der Waals surface area contributed by atoms with Crippen LogP contribution in [-0.2, 0) is 23.0 Å². The molecule has 23 heavy (non-hydrogen) atoms. The first kappa shape index (κ1) is 16.6. The number of benzene rings is 2. The molecule has 0 saturated heterocycles. The molecule has 3 rings (SSSR count). The predicted molar refractivity (Wildman–Crippen MR) is 94.5 cm³/mol. The van der Waals surface area contributed by atoms with Gasteiger partial charge >= 0.3 is 0 Å². The third kappa shape index (κ3) is 3.97. The van der Waals surface area contributed by atoms with Crippen LogP contribution in [0.15, 0.2) is 53.4 Å². The van der Waals surface area contributed by atoms with Crippen LogP contribution in [0.1, 0.15) is 34.8 Å². The number of hydrogen-bond acceptors (Lipinski definition) is 3. The molecule has 0 bridgehead atoms. The molecule has 2 aromatic carbocycles. The first-order valence-corrected chi connectivity index (χ1v) is 10.3. The van der Waals surface area contributed by atoms with Gasteiger partial charge in [0.2, 0.25) is 0 Å². The van der Waals surface area contributed by atoms with Gasteiger partial charge in [-0.1, -0.05) is 42.5 Å². The molecule has 0 amide bonds. The summed E-state index contributed by atoms with van der Waals surface area (Å²) in [6.07, 6.45) is 3.80. The van der Waals surface area contributed by atoms with Crippen LogP contribution in [0.5, 0.6) is 0 Å². The maximum atomic E-state index is 11.5. The van der Waals surface area contributed by atoms with E-state index in [1.165, 1.54) is 23.6 Å². The van der Waals surface area contributed by atoms with Gasteiger partial charge in [0.15, 0.2) is 0 Å². The van der Waals surface area contributed by atoms with Crippen molar-refractivity contribution in [2.24, 2.45) is 0 Å². The van der Waals surface area contributed by atoms with Gasteiger partial charge in [-0.15, -0.1) is 0 Å². The van der Waals surface area contributed by atoms with E-state index in [-0.39, 0.29) is 4.90 Å². The van der Waals surface area contributed by atoms with Crippen molar-refractivity contribution in [2.75, 3.05) is 5.75 Å². The molecule has 0 radical (unpaired) electrons. The zero-order valence-corrected chi connectivity index (χ0v) is 14.4. The predicted octanol–water partition coefficient (Wildman–Crippen LogP) is 4.29. The smallest absolute Gasteiger partial charge is 0.282 e. The lowest BCUT2D eigenvalue weighted by atomic mass is 9.97. The third-order valence-electron chi connectivity index (χ3n) is 4.24. The van der Waals surface area contributed by atoms with Crippen molar-refractivity contribution < 1.29 is 13.0 Å². The topological polar surface area (TPSA) is 54.4 Å². The average Bonchev–Trinajstić information content (AvgIpc) is 2.74. The molecule has 0 aliphatic carbocycles. The Morgan fingerprint density at radius 3 is 2.65 bits per heavy atom. The molecule has 2 aromatic rings. The quantitative estimate of drug-likeness (QED) is 0.838. The molecule has 0 saturated carbocycles. The Morgan fingerprint density at radius 1 is 1.09 bits per heavy atom.